The summed E-state index contributed by atoms with van der Waals surface area (Å²) in [5.74, 6) is -0.0487. The largest absolute Gasteiger partial charge is 0.391 e. The van der Waals surface area contributed by atoms with Crippen LogP contribution in [0, 0.1) is 12.8 Å². The molecule has 2 aliphatic rings. The molecule has 3 N–H and O–H groups in total. The molecule has 2 aromatic carbocycles. The fourth-order valence-electron chi connectivity index (χ4n) is 5.44. The van der Waals surface area contributed by atoms with Crippen LogP contribution in [0.3, 0.4) is 0 Å². The quantitative estimate of drug-likeness (QED) is 0.362. The Morgan fingerprint density at radius 3 is 2.42 bits per heavy atom. The maximum absolute atomic E-state index is 11.0. The highest BCUT2D eigenvalue weighted by Crippen LogP contribution is 2.36. The molecule has 0 aromatic heterocycles. The van der Waals surface area contributed by atoms with Gasteiger partial charge in [-0.2, -0.15) is 0 Å². The van der Waals surface area contributed by atoms with Crippen molar-refractivity contribution in [1.82, 2.24) is 4.90 Å². The number of aryl methyl sites for hydroxylation is 1. The molecule has 0 bridgehead atoms. The lowest BCUT2D eigenvalue weighted by Gasteiger charge is -2.37. The summed E-state index contributed by atoms with van der Waals surface area (Å²) in [6, 6.07) is 17.2. The zero-order chi connectivity index (χ0) is 25.3. The fraction of sp³-hybridized carbons (Fsp3) is 0.500. The second kappa shape index (κ2) is 13.2. The molecular formula is C30H40N2O4. The molecule has 4 rings (SSSR count). The van der Waals surface area contributed by atoms with E-state index >= 15 is 0 Å². The number of carbonyl (C=O) groups excluding carboxylic acids is 1. The Balaban J connectivity index is 1.38. The second-order valence-electron chi connectivity index (χ2n) is 10.1. The molecule has 1 aliphatic heterocycles. The van der Waals surface area contributed by atoms with Crippen molar-refractivity contribution in [1.29, 1.82) is 0 Å². The summed E-state index contributed by atoms with van der Waals surface area (Å²) in [4.78, 5) is 13.3. The number of allylic oxidation sites excluding steroid dienone is 2. The molecule has 6 heteroatoms. The van der Waals surface area contributed by atoms with E-state index < -0.39 is 6.10 Å². The van der Waals surface area contributed by atoms with Crippen molar-refractivity contribution in [3.05, 3.63) is 71.8 Å². The van der Waals surface area contributed by atoms with Crippen LogP contribution in [0.2, 0.25) is 0 Å². The molecule has 0 radical (unpaired) electrons. The number of aliphatic hydroxyl groups is 1. The molecule has 194 valence electrons. The van der Waals surface area contributed by atoms with Crippen molar-refractivity contribution in [2.24, 2.45) is 11.7 Å². The van der Waals surface area contributed by atoms with Gasteiger partial charge in [0.1, 0.15) is 0 Å². The van der Waals surface area contributed by atoms with Crippen LogP contribution in [-0.4, -0.2) is 60.5 Å². The second-order valence-corrected chi connectivity index (χ2v) is 10.1. The van der Waals surface area contributed by atoms with E-state index in [0.717, 1.165) is 37.9 Å². The number of carbonyl (C=O) groups is 1. The Morgan fingerprint density at radius 1 is 1.08 bits per heavy atom. The zero-order valence-corrected chi connectivity index (χ0v) is 21.4. The van der Waals surface area contributed by atoms with Gasteiger partial charge in [-0.25, -0.2) is 0 Å². The molecule has 36 heavy (non-hydrogen) atoms. The number of nitrogens with zero attached hydrogens (tertiary/aromatic N) is 1. The lowest BCUT2D eigenvalue weighted by molar-refractivity contribution is -0.118. The van der Waals surface area contributed by atoms with Crippen molar-refractivity contribution < 1.29 is 19.4 Å². The van der Waals surface area contributed by atoms with E-state index in [1.54, 1.807) is 0 Å². The lowest BCUT2D eigenvalue weighted by Crippen LogP contribution is -2.50. The van der Waals surface area contributed by atoms with Gasteiger partial charge in [-0.05, 0) is 42.9 Å². The summed E-state index contributed by atoms with van der Waals surface area (Å²) < 4.78 is 12.0. The van der Waals surface area contributed by atoms with Crippen LogP contribution in [0.1, 0.15) is 43.2 Å². The van der Waals surface area contributed by atoms with Crippen molar-refractivity contribution in [3.8, 4) is 11.1 Å². The number of amides is 1. The van der Waals surface area contributed by atoms with Crippen molar-refractivity contribution in [2.75, 3.05) is 26.3 Å². The highest BCUT2D eigenvalue weighted by Gasteiger charge is 2.45. The van der Waals surface area contributed by atoms with E-state index in [2.05, 4.69) is 72.5 Å². The minimum absolute atomic E-state index is 0.0140. The van der Waals surface area contributed by atoms with Gasteiger partial charge in [0.15, 0.2) is 0 Å². The third kappa shape index (κ3) is 7.26. The van der Waals surface area contributed by atoms with Gasteiger partial charge in [-0.3, -0.25) is 9.69 Å². The van der Waals surface area contributed by atoms with E-state index in [4.69, 9.17) is 15.2 Å². The Kier molecular flexibility index (Phi) is 9.70. The van der Waals surface area contributed by atoms with Gasteiger partial charge in [0.05, 0.1) is 32.0 Å². The van der Waals surface area contributed by atoms with E-state index in [9.17, 15) is 9.90 Å². The minimum atomic E-state index is -0.412. The van der Waals surface area contributed by atoms with Gasteiger partial charge >= 0.3 is 0 Å². The van der Waals surface area contributed by atoms with Crippen LogP contribution >= 0.6 is 0 Å². The average molecular weight is 493 g/mol. The Morgan fingerprint density at radius 2 is 1.75 bits per heavy atom. The first-order valence-corrected chi connectivity index (χ1v) is 13.2. The molecule has 1 saturated heterocycles. The number of rotatable bonds is 11. The monoisotopic (exact) mass is 492 g/mol. The molecule has 0 unspecified atom stereocenters. The summed E-state index contributed by atoms with van der Waals surface area (Å²) in [6.07, 6.45) is 7.39. The van der Waals surface area contributed by atoms with Gasteiger partial charge < -0.3 is 20.3 Å². The third-order valence-electron chi connectivity index (χ3n) is 7.42. The smallest absolute Gasteiger partial charge is 0.217 e. The first-order chi connectivity index (χ1) is 17.5. The number of morpholine rings is 1. The lowest BCUT2D eigenvalue weighted by atomic mass is 9.94. The number of nitrogens with two attached hydrogens (primary N) is 1. The van der Waals surface area contributed by atoms with Crippen LogP contribution in [0.5, 0.6) is 0 Å². The molecule has 6 nitrogen and oxygen atoms in total. The third-order valence-corrected chi connectivity index (χ3v) is 7.42. The molecule has 2 fully saturated rings. The maximum Gasteiger partial charge on any atom is 0.217 e. The predicted molar refractivity (Wildman–Crippen MR) is 142 cm³/mol. The summed E-state index contributed by atoms with van der Waals surface area (Å²) in [6.45, 7) is 5.72. The number of ether oxygens (including phenoxy) is 2. The summed E-state index contributed by atoms with van der Waals surface area (Å²) in [5.41, 5.74) is 10.0. The predicted octanol–water partition coefficient (Wildman–Crippen LogP) is 4.23. The number of unbranched alkanes of at least 4 members (excludes halogenated alkanes) is 1. The summed E-state index contributed by atoms with van der Waals surface area (Å²) in [7, 11) is 0. The Labute approximate surface area is 215 Å². The first kappa shape index (κ1) is 26.6. The topological polar surface area (TPSA) is 85.0 Å². The molecule has 4 atom stereocenters. The van der Waals surface area contributed by atoms with Gasteiger partial charge in [0.25, 0.3) is 0 Å². The summed E-state index contributed by atoms with van der Waals surface area (Å²) >= 11 is 0. The summed E-state index contributed by atoms with van der Waals surface area (Å²) in [5, 5.41) is 11.0. The van der Waals surface area contributed by atoms with E-state index in [-0.39, 0.29) is 24.0 Å². The number of benzene rings is 2. The SMILES string of the molecule is Cc1ccc(-c2ccc(CO[C@H]3C[C@@H](O)[C@H](N4CCOCC4)[C@H]3C/C=C\CCCC(N)=O)cc2)cc1. The highest BCUT2D eigenvalue weighted by molar-refractivity contribution is 5.73. The number of aliphatic hydroxyl groups excluding tert-OH is 1. The first-order valence-electron chi connectivity index (χ1n) is 13.2. The number of primary amides is 1. The van der Waals surface area contributed by atoms with Gasteiger partial charge in [0, 0.05) is 37.9 Å². The van der Waals surface area contributed by atoms with Crippen LogP contribution in [0.4, 0.5) is 0 Å². The van der Waals surface area contributed by atoms with Crippen LogP contribution < -0.4 is 5.73 Å². The van der Waals surface area contributed by atoms with Crippen LogP contribution in [-0.2, 0) is 20.9 Å². The molecule has 1 amide bonds. The van der Waals surface area contributed by atoms with Crippen molar-refractivity contribution >= 4 is 5.91 Å². The highest BCUT2D eigenvalue weighted by atomic mass is 16.5. The van der Waals surface area contributed by atoms with Crippen LogP contribution in [0.25, 0.3) is 11.1 Å². The fourth-order valence-corrected chi connectivity index (χ4v) is 5.44. The van der Waals surface area contributed by atoms with Gasteiger partial charge in [0.2, 0.25) is 5.91 Å². The molecular weight excluding hydrogens is 452 g/mol. The molecule has 0 spiro atoms. The maximum atomic E-state index is 11.0. The number of hydrogen-bond donors (Lipinski definition) is 2. The van der Waals surface area contributed by atoms with E-state index in [0.29, 0.717) is 32.7 Å². The van der Waals surface area contributed by atoms with Crippen LogP contribution in [0.15, 0.2) is 60.7 Å². The van der Waals surface area contributed by atoms with E-state index in [1.165, 1.54) is 16.7 Å². The molecule has 2 aromatic rings. The minimum Gasteiger partial charge on any atom is -0.391 e. The molecule has 1 aliphatic carbocycles. The number of hydrogen-bond acceptors (Lipinski definition) is 5. The van der Waals surface area contributed by atoms with E-state index in [1.807, 2.05) is 0 Å². The molecule has 1 saturated carbocycles. The van der Waals surface area contributed by atoms with Gasteiger partial charge in [-0.1, -0.05) is 66.2 Å². The van der Waals surface area contributed by atoms with Crippen molar-refractivity contribution in [3.63, 3.8) is 0 Å². The average Bonchev–Trinajstić information content (AvgIpc) is 3.20. The van der Waals surface area contributed by atoms with Crippen molar-refractivity contribution in [2.45, 2.75) is 63.9 Å². The Hall–Kier alpha value is -2.51. The Bertz CT molecular complexity index is 983. The van der Waals surface area contributed by atoms with Gasteiger partial charge in [-0.15, -0.1) is 0 Å². The zero-order valence-electron chi connectivity index (χ0n) is 21.4. The molecule has 1 heterocycles. The normalized spacial score (nSPS) is 24.9. The standard InChI is InChI=1S/C30H40N2O4/c1-22-8-12-24(13-9-22)25-14-10-23(11-15-25)21-36-28-20-27(33)30(32-16-18-35-19-17-32)26(28)6-4-2-3-5-7-29(31)34/h2,4,8-15,26-28,30,33H,3,5-7,16-21H2,1H3,(H2,31,34)/b4-2-/t26-,27+,28-,30+/m0/s1.